The Bertz CT molecular complexity index is 1570. The van der Waals surface area contributed by atoms with E-state index in [1.54, 1.807) is 12.0 Å². The second kappa shape index (κ2) is 14.5. The zero-order valence-electron chi connectivity index (χ0n) is 24.9. The van der Waals surface area contributed by atoms with Crippen molar-refractivity contribution in [2.75, 3.05) is 33.4 Å². The summed E-state index contributed by atoms with van der Waals surface area (Å²) in [5, 5.41) is 1.16. The first-order valence-electron chi connectivity index (χ1n) is 14.8. The lowest BCUT2D eigenvalue weighted by atomic mass is 9.90. The van der Waals surface area contributed by atoms with Gasteiger partial charge in [0.25, 0.3) is 0 Å². The molecule has 220 valence electrons. The summed E-state index contributed by atoms with van der Waals surface area (Å²) in [4.78, 5) is 35.3. The van der Waals surface area contributed by atoms with Crippen LogP contribution in [0.5, 0.6) is 0 Å². The van der Waals surface area contributed by atoms with E-state index in [1.165, 1.54) is 5.56 Å². The van der Waals surface area contributed by atoms with Gasteiger partial charge in [-0.25, -0.2) is 0 Å². The van der Waals surface area contributed by atoms with Crippen molar-refractivity contribution < 1.29 is 14.3 Å². The van der Waals surface area contributed by atoms with Crippen LogP contribution in [0.1, 0.15) is 33.7 Å². The molecule has 1 aromatic heterocycles. The summed E-state index contributed by atoms with van der Waals surface area (Å²) in [5.41, 5.74) is 6.26. The maximum Gasteiger partial charge on any atom is 0.242 e. The molecule has 1 N–H and O–H groups in total. The van der Waals surface area contributed by atoms with E-state index in [-0.39, 0.29) is 18.4 Å². The molecule has 0 atom stereocenters. The van der Waals surface area contributed by atoms with Gasteiger partial charge in [0.2, 0.25) is 11.8 Å². The fraction of sp³-hybridized carbons (Fsp3) is 0.243. The van der Waals surface area contributed by atoms with Gasteiger partial charge in [0.15, 0.2) is 0 Å². The highest BCUT2D eigenvalue weighted by molar-refractivity contribution is 5.91. The summed E-state index contributed by atoms with van der Waals surface area (Å²) in [6.45, 7) is 3.67. The first-order valence-corrected chi connectivity index (χ1v) is 14.8. The maximum atomic E-state index is 14.3. The fourth-order valence-corrected chi connectivity index (χ4v) is 5.48. The molecule has 5 rings (SSSR count). The normalized spacial score (nSPS) is 11.1. The summed E-state index contributed by atoms with van der Waals surface area (Å²) in [7, 11) is 1.61. The van der Waals surface area contributed by atoms with Gasteiger partial charge in [0, 0.05) is 43.8 Å². The van der Waals surface area contributed by atoms with Gasteiger partial charge >= 0.3 is 0 Å². The van der Waals surface area contributed by atoms with Gasteiger partial charge in [-0.2, -0.15) is 0 Å². The van der Waals surface area contributed by atoms with Crippen molar-refractivity contribution in [3.05, 3.63) is 143 Å². The molecule has 4 aromatic carbocycles. The molecule has 5 aromatic rings. The molecule has 0 saturated heterocycles. The lowest BCUT2D eigenvalue weighted by molar-refractivity contribution is -0.141. The van der Waals surface area contributed by atoms with Gasteiger partial charge in [0.05, 0.1) is 19.1 Å². The van der Waals surface area contributed by atoms with Gasteiger partial charge < -0.3 is 19.5 Å². The number of carbonyl (C=O) groups is 2. The molecule has 6 nitrogen and oxygen atoms in total. The van der Waals surface area contributed by atoms with E-state index >= 15 is 0 Å². The summed E-state index contributed by atoms with van der Waals surface area (Å²) in [5.74, 6) is -0.733. The average Bonchev–Trinajstić information content (AvgIpc) is 3.46. The average molecular weight is 574 g/mol. The number of fused-ring (bicyclic) bond motifs is 1. The van der Waals surface area contributed by atoms with Crippen LogP contribution in [-0.4, -0.2) is 59.9 Å². The lowest BCUT2D eigenvalue weighted by Gasteiger charge is -2.30. The molecule has 43 heavy (non-hydrogen) atoms. The predicted molar refractivity (Wildman–Crippen MR) is 172 cm³/mol. The molecule has 0 aliphatic rings. The number of carbonyl (C=O) groups excluding carboxylic acids is 2. The van der Waals surface area contributed by atoms with E-state index in [0.29, 0.717) is 32.7 Å². The van der Waals surface area contributed by atoms with Crippen LogP contribution in [0.4, 0.5) is 0 Å². The van der Waals surface area contributed by atoms with Gasteiger partial charge in [0.1, 0.15) is 0 Å². The van der Waals surface area contributed by atoms with Crippen molar-refractivity contribution in [1.82, 2.24) is 14.8 Å². The molecule has 0 aliphatic carbocycles. The van der Waals surface area contributed by atoms with Gasteiger partial charge in [-0.1, -0.05) is 109 Å². The highest BCUT2D eigenvalue weighted by Gasteiger charge is 2.30. The number of para-hydroxylation sites is 1. The Kier molecular flexibility index (Phi) is 10.0. The minimum absolute atomic E-state index is 0.0297. The first kappa shape index (κ1) is 29.8. The maximum absolute atomic E-state index is 14.3. The first-order chi connectivity index (χ1) is 21.0. The van der Waals surface area contributed by atoms with Crippen LogP contribution in [-0.2, 0) is 27.3 Å². The number of amides is 2. The summed E-state index contributed by atoms with van der Waals surface area (Å²) in [6, 6.07) is 36.0. The Hall–Kier alpha value is -4.68. The number of nitrogens with zero attached hydrogens (tertiary/aromatic N) is 2. The Morgan fingerprint density at radius 1 is 0.767 bits per heavy atom. The largest absolute Gasteiger partial charge is 0.383 e. The number of nitrogens with one attached hydrogen (secondary N) is 1. The zero-order chi connectivity index (χ0) is 30.0. The monoisotopic (exact) mass is 573 g/mol. The molecule has 0 bridgehead atoms. The molecule has 0 aliphatic heterocycles. The van der Waals surface area contributed by atoms with E-state index < -0.39 is 5.92 Å². The third-order valence-electron chi connectivity index (χ3n) is 7.89. The van der Waals surface area contributed by atoms with Crippen LogP contribution in [0.15, 0.2) is 115 Å². The Labute approximate surface area is 253 Å². The number of benzene rings is 4. The van der Waals surface area contributed by atoms with E-state index in [2.05, 4.69) is 48.3 Å². The van der Waals surface area contributed by atoms with Crippen molar-refractivity contribution in [2.45, 2.75) is 25.8 Å². The van der Waals surface area contributed by atoms with E-state index in [1.807, 2.05) is 83.9 Å². The summed E-state index contributed by atoms with van der Waals surface area (Å²) >= 11 is 0. The standard InChI is InChI=1S/C37H39N3O3/c1-28-17-19-29(20-18-28)26-39(22-21-32-25-38-34-16-10-9-15-33(32)34)35(41)27-40(23-24-43-2)37(42)36(30-11-5-3-6-12-30)31-13-7-4-8-14-31/h3-20,25,36,38H,21-24,26-27H2,1-2H3. The highest BCUT2D eigenvalue weighted by atomic mass is 16.5. The molecule has 0 fully saturated rings. The second-order valence-corrected chi connectivity index (χ2v) is 10.9. The van der Waals surface area contributed by atoms with Gasteiger partial charge in [-0.05, 0) is 41.7 Å². The second-order valence-electron chi connectivity index (χ2n) is 10.9. The van der Waals surface area contributed by atoms with Gasteiger partial charge in [-0.15, -0.1) is 0 Å². The van der Waals surface area contributed by atoms with Crippen molar-refractivity contribution in [3.8, 4) is 0 Å². The Balaban J connectivity index is 1.41. The number of H-pyrrole nitrogens is 1. The Morgan fingerprint density at radius 3 is 2.05 bits per heavy atom. The van der Waals surface area contributed by atoms with E-state index in [9.17, 15) is 9.59 Å². The molecule has 6 heteroatoms. The molecule has 0 unspecified atom stereocenters. The molecule has 2 amide bonds. The van der Waals surface area contributed by atoms with Crippen LogP contribution in [0.2, 0.25) is 0 Å². The zero-order valence-corrected chi connectivity index (χ0v) is 24.9. The minimum Gasteiger partial charge on any atom is -0.383 e. The molecule has 0 radical (unpaired) electrons. The van der Waals surface area contributed by atoms with Crippen molar-refractivity contribution in [2.24, 2.45) is 0 Å². The van der Waals surface area contributed by atoms with Crippen molar-refractivity contribution in [1.29, 1.82) is 0 Å². The summed E-state index contributed by atoms with van der Waals surface area (Å²) in [6.07, 6.45) is 2.72. The Morgan fingerprint density at radius 2 is 1.40 bits per heavy atom. The van der Waals surface area contributed by atoms with Crippen LogP contribution in [0.25, 0.3) is 10.9 Å². The van der Waals surface area contributed by atoms with Crippen LogP contribution in [0, 0.1) is 6.92 Å². The number of ether oxygens (including phenoxy) is 1. The van der Waals surface area contributed by atoms with Gasteiger partial charge in [-0.3, -0.25) is 9.59 Å². The number of hydrogen-bond donors (Lipinski definition) is 1. The molecular formula is C37H39N3O3. The van der Waals surface area contributed by atoms with Crippen LogP contribution < -0.4 is 0 Å². The molecule has 0 spiro atoms. The van der Waals surface area contributed by atoms with E-state index in [4.69, 9.17) is 4.74 Å². The number of aryl methyl sites for hydroxylation is 1. The van der Waals surface area contributed by atoms with Crippen molar-refractivity contribution in [3.63, 3.8) is 0 Å². The van der Waals surface area contributed by atoms with Crippen LogP contribution in [0.3, 0.4) is 0 Å². The molecule has 1 heterocycles. The molecular weight excluding hydrogens is 534 g/mol. The highest BCUT2D eigenvalue weighted by Crippen LogP contribution is 2.27. The lowest BCUT2D eigenvalue weighted by Crippen LogP contribution is -2.46. The number of hydrogen-bond acceptors (Lipinski definition) is 3. The predicted octanol–water partition coefficient (Wildman–Crippen LogP) is 6.35. The third kappa shape index (κ3) is 7.59. The van der Waals surface area contributed by atoms with Crippen molar-refractivity contribution >= 4 is 22.7 Å². The fourth-order valence-electron chi connectivity index (χ4n) is 5.48. The van der Waals surface area contributed by atoms with Crippen LogP contribution >= 0.6 is 0 Å². The smallest absolute Gasteiger partial charge is 0.242 e. The summed E-state index contributed by atoms with van der Waals surface area (Å²) < 4.78 is 5.38. The topological polar surface area (TPSA) is 65.6 Å². The number of methoxy groups -OCH3 is 1. The third-order valence-corrected chi connectivity index (χ3v) is 7.89. The SMILES string of the molecule is COCCN(CC(=O)N(CCc1c[nH]c2ccccc12)Cc1ccc(C)cc1)C(=O)C(c1ccccc1)c1ccccc1. The minimum atomic E-state index is -0.524. The number of rotatable bonds is 13. The quantitative estimate of drug-likeness (QED) is 0.178. The van der Waals surface area contributed by atoms with E-state index in [0.717, 1.165) is 33.2 Å². The number of aromatic amines is 1. The number of aromatic nitrogens is 1. The molecule has 0 saturated carbocycles.